The average Bonchev–Trinajstić information content (AvgIpc) is 2.27. The lowest BCUT2D eigenvalue weighted by atomic mass is 10.1. The number of hydrogen-bond acceptors (Lipinski definition) is 4. The van der Waals surface area contributed by atoms with E-state index >= 15 is 0 Å². The largest absolute Gasteiger partial charge is 0.502 e. The quantitative estimate of drug-likeness (QED) is 0.365. The van der Waals surface area contributed by atoms with Gasteiger partial charge >= 0.3 is 5.97 Å². The fraction of sp³-hybridized carbons (Fsp3) is 0.167. The predicted molar refractivity (Wildman–Crippen MR) is 58.2 cm³/mol. The third kappa shape index (κ3) is 2.95. The molecule has 0 spiro atoms. The molecule has 0 aliphatic rings. The molecule has 1 aromatic carbocycles. The van der Waals surface area contributed by atoms with E-state index in [1.54, 1.807) is 18.2 Å². The lowest BCUT2D eigenvalue weighted by Crippen LogP contribution is -2.07. The zero-order valence-corrected chi connectivity index (χ0v) is 9.06. The molecular formula is C12H12O4. The van der Waals surface area contributed by atoms with E-state index in [0.29, 0.717) is 5.56 Å². The first-order valence-electron chi connectivity index (χ1n) is 4.64. The lowest BCUT2D eigenvalue weighted by Gasteiger charge is -1.99. The van der Waals surface area contributed by atoms with Crippen LogP contribution in [0.3, 0.4) is 0 Å². The van der Waals surface area contributed by atoms with Crippen molar-refractivity contribution in [2.24, 2.45) is 0 Å². The van der Waals surface area contributed by atoms with Crippen molar-refractivity contribution < 1.29 is 19.4 Å². The first kappa shape index (κ1) is 12.0. The van der Waals surface area contributed by atoms with E-state index in [-0.39, 0.29) is 0 Å². The van der Waals surface area contributed by atoms with Crippen LogP contribution in [0.25, 0.3) is 0 Å². The summed E-state index contributed by atoms with van der Waals surface area (Å²) in [5, 5.41) is 9.18. The normalized spacial score (nSPS) is 11.0. The minimum atomic E-state index is -0.930. The SMILES string of the molecule is COC(=O)C(O)=CC(=O)c1cccc(C)c1. The summed E-state index contributed by atoms with van der Waals surface area (Å²) in [6, 6.07) is 6.85. The van der Waals surface area contributed by atoms with E-state index in [0.717, 1.165) is 18.7 Å². The molecule has 16 heavy (non-hydrogen) atoms. The molecule has 0 aromatic heterocycles. The molecule has 0 amide bonds. The van der Waals surface area contributed by atoms with Gasteiger partial charge in [0.15, 0.2) is 5.78 Å². The maximum atomic E-state index is 11.6. The molecule has 1 aromatic rings. The summed E-state index contributed by atoms with van der Waals surface area (Å²) in [5.74, 6) is -2.07. The molecule has 0 atom stereocenters. The number of aliphatic hydroxyl groups is 1. The Hall–Kier alpha value is -2.10. The molecular weight excluding hydrogens is 208 g/mol. The first-order chi connectivity index (χ1) is 7.54. The van der Waals surface area contributed by atoms with Crippen LogP contribution in [0.15, 0.2) is 36.1 Å². The molecule has 0 heterocycles. The maximum absolute atomic E-state index is 11.6. The minimum Gasteiger partial charge on any atom is -0.502 e. The number of carbonyl (C=O) groups excluding carboxylic acids is 2. The number of methoxy groups -OCH3 is 1. The zero-order valence-electron chi connectivity index (χ0n) is 9.06. The van der Waals surface area contributed by atoms with Gasteiger partial charge in [-0.2, -0.15) is 0 Å². The average molecular weight is 220 g/mol. The molecule has 4 nitrogen and oxygen atoms in total. The number of rotatable bonds is 3. The fourth-order valence-electron chi connectivity index (χ4n) is 1.17. The van der Waals surface area contributed by atoms with E-state index in [9.17, 15) is 14.7 Å². The smallest absolute Gasteiger partial charge is 0.373 e. The highest BCUT2D eigenvalue weighted by Crippen LogP contribution is 2.06. The molecule has 0 radical (unpaired) electrons. The van der Waals surface area contributed by atoms with E-state index in [4.69, 9.17) is 0 Å². The lowest BCUT2D eigenvalue weighted by molar-refractivity contribution is -0.139. The molecule has 0 aliphatic heterocycles. The highest BCUT2D eigenvalue weighted by atomic mass is 16.5. The van der Waals surface area contributed by atoms with Crippen LogP contribution in [0.5, 0.6) is 0 Å². The number of benzene rings is 1. The molecule has 0 bridgehead atoms. The second-order valence-electron chi connectivity index (χ2n) is 3.25. The number of carbonyl (C=O) groups is 2. The summed E-state index contributed by atoms with van der Waals surface area (Å²) < 4.78 is 4.26. The van der Waals surface area contributed by atoms with Crippen LogP contribution in [-0.2, 0) is 9.53 Å². The molecule has 0 saturated heterocycles. The van der Waals surface area contributed by atoms with Gasteiger partial charge < -0.3 is 9.84 Å². The maximum Gasteiger partial charge on any atom is 0.373 e. The van der Waals surface area contributed by atoms with Gasteiger partial charge in [-0.05, 0) is 13.0 Å². The van der Waals surface area contributed by atoms with Gasteiger partial charge in [-0.3, -0.25) is 4.79 Å². The number of hydrogen-bond donors (Lipinski definition) is 1. The fourth-order valence-corrected chi connectivity index (χ4v) is 1.17. The first-order valence-corrected chi connectivity index (χ1v) is 4.64. The Morgan fingerprint density at radius 1 is 1.38 bits per heavy atom. The van der Waals surface area contributed by atoms with Crippen LogP contribution >= 0.6 is 0 Å². The van der Waals surface area contributed by atoms with Crippen molar-refractivity contribution in [1.82, 2.24) is 0 Å². The van der Waals surface area contributed by atoms with Crippen molar-refractivity contribution in [3.05, 3.63) is 47.2 Å². The predicted octanol–water partition coefficient (Wildman–Crippen LogP) is 1.79. The zero-order chi connectivity index (χ0) is 12.1. The highest BCUT2D eigenvalue weighted by Gasteiger charge is 2.10. The summed E-state index contributed by atoms with van der Waals surface area (Å²) >= 11 is 0. The van der Waals surface area contributed by atoms with Crippen LogP contribution < -0.4 is 0 Å². The van der Waals surface area contributed by atoms with Gasteiger partial charge in [-0.25, -0.2) is 4.79 Å². The Balaban J connectivity index is 2.92. The Morgan fingerprint density at radius 3 is 2.62 bits per heavy atom. The van der Waals surface area contributed by atoms with Gasteiger partial charge in [0.25, 0.3) is 0 Å². The van der Waals surface area contributed by atoms with Crippen molar-refractivity contribution in [3.8, 4) is 0 Å². The van der Waals surface area contributed by atoms with Gasteiger partial charge in [-0.15, -0.1) is 0 Å². The minimum absolute atomic E-state index is 0.412. The summed E-state index contributed by atoms with van der Waals surface area (Å²) in [7, 11) is 1.13. The van der Waals surface area contributed by atoms with Crippen molar-refractivity contribution >= 4 is 11.8 Å². The molecule has 84 valence electrons. The van der Waals surface area contributed by atoms with E-state index in [1.807, 2.05) is 13.0 Å². The third-order valence-electron chi connectivity index (χ3n) is 1.96. The second-order valence-corrected chi connectivity index (χ2v) is 3.25. The molecule has 1 rings (SSSR count). The van der Waals surface area contributed by atoms with Crippen LogP contribution in [0, 0.1) is 6.92 Å². The van der Waals surface area contributed by atoms with E-state index < -0.39 is 17.5 Å². The molecule has 1 N–H and O–H groups in total. The monoisotopic (exact) mass is 220 g/mol. The standard InChI is InChI=1S/C12H12O4/c1-8-4-3-5-9(6-8)10(13)7-11(14)12(15)16-2/h3-7,14H,1-2H3. The third-order valence-corrected chi connectivity index (χ3v) is 1.96. The van der Waals surface area contributed by atoms with Crippen molar-refractivity contribution in [2.45, 2.75) is 6.92 Å². The molecule has 4 heteroatoms. The van der Waals surface area contributed by atoms with Crippen LogP contribution in [0.1, 0.15) is 15.9 Å². The van der Waals surface area contributed by atoms with Gasteiger partial charge in [0.1, 0.15) is 0 Å². The number of allylic oxidation sites excluding steroid dienone is 1. The Morgan fingerprint density at radius 2 is 2.06 bits per heavy atom. The van der Waals surface area contributed by atoms with E-state index in [2.05, 4.69) is 4.74 Å². The summed E-state index contributed by atoms with van der Waals surface area (Å²) in [6.45, 7) is 1.85. The van der Waals surface area contributed by atoms with Crippen LogP contribution in [-0.4, -0.2) is 24.0 Å². The summed E-state index contributed by atoms with van der Waals surface area (Å²) in [4.78, 5) is 22.4. The number of aliphatic hydroxyl groups excluding tert-OH is 1. The Bertz CT molecular complexity index is 446. The second kappa shape index (κ2) is 5.11. The Kier molecular flexibility index (Phi) is 3.83. The van der Waals surface area contributed by atoms with Crippen molar-refractivity contribution in [2.75, 3.05) is 7.11 Å². The molecule has 0 saturated carbocycles. The summed E-state index contributed by atoms with van der Waals surface area (Å²) in [6.07, 6.45) is 0.848. The molecule has 0 aliphatic carbocycles. The topological polar surface area (TPSA) is 63.6 Å². The van der Waals surface area contributed by atoms with E-state index in [1.165, 1.54) is 0 Å². The van der Waals surface area contributed by atoms with Gasteiger partial charge in [0, 0.05) is 11.6 Å². The van der Waals surface area contributed by atoms with Crippen LogP contribution in [0.2, 0.25) is 0 Å². The number of aryl methyl sites for hydroxylation is 1. The number of ketones is 1. The number of esters is 1. The van der Waals surface area contributed by atoms with Crippen molar-refractivity contribution in [3.63, 3.8) is 0 Å². The molecule has 0 fully saturated rings. The Labute approximate surface area is 93.2 Å². The van der Waals surface area contributed by atoms with Gasteiger partial charge in [0.2, 0.25) is 5.76 Å². The number of ether oxygens (including phenoxy) is 1. The van der Waals surface area contributed by atoms with Crippen molar-refractivity contribution in [1.29, 1.82) is 0 Å². The van der Waals surface area contributed by atoms with Gasteiger partial charge in [0.05, 0.1) is 7.11 Å². The summed E-state index contributed by atoms with van der Waals surface area (Å²) in [5.41, 5.74) is 1.34. The molecule has 0 unspecified atom stereocenters. The van der Waals surface area contributed by atoms with Crippen LogP contribution in [0.4, 0.5) is 0 Å². The highest BCUT2D eigenvalue weighted by molar-refractivity contribution is 6.07. The van der Waals surface area contributed by atoms with Gasteiger partial charge in [-0.1, -0.05) is 23.8 Å².